The van der Waals surface area contributed by atoms with Crippen LogP contribution in [0.15, 0.2) is 24.3 Å². The van der Waals surface area contributed by atoms with E-state index < -0.39 is 36.7 Å². The number of carbonyl (C=O) groups is 4. The topological polar surface area (TPSA) is 235 Å². The number of aromatic carboxylic acids is 1. The SMILES string of the molecule is Cc1c(CCB2O[C@@H]3C[C@@H]4C[C@@H](C4(C)C)[C@]3(C)O2)ccc(OC2CN(C(=O)NO)C2)c1C(=O)OC(C)(C)C.O=C(O)c1c(OC2CN(C(=O)NO)C2)ccc2c1OB(O)CC2. The van der Waals surface area contributed by atoms with Crippen molar-refractivity contribution in [2.45, 2.75) is 116 Å². The minimum absolute atomic E-state index is 0.123. The van der Waals surface area contributed by atoms with Crippen molar-refractivity contribution < 1.29 is 67.9 Å². The fraction of sp³-hybridized carbons (Fsp3) is 0.610. The summed E-state index contributed by atoms with van der Waals surface area (Å²) in [5.74, 6) is 0.257. The van der Waals surface area contributed by atoms with Crippen molar-refractivity contribution in [3.05, 3.63) is 52.1 Å². The van der Waals surface area contributed by atoms with Gasteiger partial charge >= 0.3 is 38.2 Å². The van der Waals surface area contributed by atoms with Crippen molar-refractivity contribution in [2.75, 3.05) is 26.2 Å². The van der Waals surface area contributed by atoms with Crippen LogP contribution in [0.1, 0.15) is 91.8 Å². The second kappa shape index (κ2) is 16.8. The molecule has 2 aromatic carbocycles. The molecule has 0 aromatic heterocycles. The van der Waals surface area contributed by atoms with Gasteiger partial charge in [-0.15, -0.1) is 0 Å². The molecule has 0 unspecified atom stereocenters. The number of urea groups is 2. The molecule has 2 bridgehead atoms. The average molecular weight is 851 g/mol. The van der Waals surface area contributed by atoms with E-state index in [1.165, 1.54) is 21.7 Å². The fourth-order valence-electron chi connectivity index (χ4n) is 9.60. The number of esters is 1. The molecule has 7 aliphatic rings. The molecule has 20 heteroatoms. The summed E-state index contributed by atoms with van der Waals surface area (Å²) in [4.78, 5) is 50.3. The average Bonchev–Trinajstić information content (AvgIpc) is 3.51. The van der Waals surface area contributed by atoms with Gasteiger partial charge in [0.05, 0.1) is 37.9 Å². The Balaban J connectivity index is 0.000000208. The third kappa shape index (κ3) is 8.82. The van der Waals surface area contributed by atoms with Gasteiger partial charge in [-0.2, -0.15) is 0 Å². The van der Waals surface area contributed by atoms with Gasteiger partial charge in [0.15, 0.2) is 0 Å². The number of hydrogen-bond donors (Lipinski definition) is 6. The number of nitrogens with zero attached hydrogens (tertiary/aromatic N) is 2. The molecule has 330 valence electrons. The maximum Gasteiger partial charge on any atom is 0.522 e. The van der Waals surface area contributed by atoms with Gasteiger partial charge in [0.1, 0.15) is 46.2 Å². The maximum absolute atomic E-state index is 13.3. The van der Waals surface area contributed by atoms with Gasteiger partial charge in [0.25, 0.3) is 0 Å². The zero-order valence-electron chi connectivity index (χ0n) is 35.7. The molecular weight excluding hydrogens is 794 g/mol. The summed E-state index contributed by atoms with van der Waals surface area (Å²) in [6.45, 7) is 15.5. The van der Waals surface area contributed by atoms with Gasteiger partial charge < -0.3 is 48.1 Å². The first kappa shape index (κ1) is 44.3. The van der Waals surface area contributed by atoms with Gasteiger partial charge in [-0.25, -0.2) is 30.1 Å². The lowest BCUT2D eigenvalue weighted by Gasteiger charge is -2.64. The van der Waals surface area contributed by atoms with Crippen LogP contribution in [0.25, 0.3) is 0 Å². The van der Waals surface area contributed by atoms with Crippen molar-refractivity contribution in [1.82, 2.24) is 20.8 Å². The minimum atomic E-state index is -1.21. The van der Waals surface area contributed by atoms with Crippen LogP contribution >= 0.6 is 0 Å². The molecule has 9 rings (SSSR count). The molecule has 61 heavy (non-hydrogen) atoms. The highest BCUT2D eigenvalue weighted by Gasteiger charge is 2.67. The number of carboxylic acid groups (broad SMARTS) is 1. The Morgan fingerprint density at radius 2 is 1.49 bits per heavy atom. The van der Waals surface area contributed by atoms with Crippen LogP contribution in [0.4, 0.5) is 9.59 Å². The first-order valence-electron chi connectivity index (χ1n) is 20.9. The van der Waals surface area contributed by atoms with Gasteiger partial charge in [-0.3, -0.25) is 10.4 Å². The number of ether oxygens (including phenoxy) is 3. The Morgan fingerprint density at radius 3 is 2.05 bits per heavy atom. The molecule has 3 saturated carbocycles. The molecule has 3 aliphatic carbocycles. The number of hydroxylamine groups is 2. The Morgan fingerprint density at radius 1 is 0.902 bits per heavy atom. The lowest BCUT2D eigenvalue weighted by Crippen LogP contribution is -2.65. The van der Waals surface area contributed by atoms with Crippen molar-refractivity contribution in [3.63, 3.8) is 0 Å². The molecule has 4 amide bonds. The lowest BCUT2D eigenvalue weighted by atomic mass is 9.43. The first-order chi connectivity index (χ1) is 28.7. The number of amides is 4. The number of nitrogens with one attached hydrogen (secondary N) is 2. The molecule has 6 N–H and O–H groups in total. The predicted molar refractivity (Wildman–Crippen MR) is 218 cm³/mol. The van der Waals surface area contributed by atoms with Crippen LogP contribution in [-0.4, -0.2) is 124 Å². The molecule has 4 atom stereocenters. The lowest BCUT2D eigenvalue weighted by molar-refractivity contribution is -0.199. The first-order valence-corrected chi connectivity index (χ1v) is 20.9. The van der Waals surface area contributed by atoms with Crippen LogP contribution in [0, 0.1) is 24.2 Å². The van der Waals surface area contributed by atoms with Gasteiger partial charge in [-0.1, -0.05) is 26.0 Å². The number of likely N-dealkylation sites (tertiary alicyclic amines) is 2. The molecule has 0 spiro atoms. The van der Waals surface area contributed by atoms with E-state index in [1.54, 1.807) is 17.6 Å². The highest BCUT2D eigenvalue weighted by molar-refractivity contribution is 6.45. The van der Waals surface area contributed by atoms with E-state index in [4.69, 9.17) is 38.6 Å². The van der Waals surface area contributed by atoms with Crippen LogP contribution in [0.3, 0.4) is 0 Å². The highest BCUT2D eigenvalue weighted by Crippen LogP contribution is 2.65. The molecule has 6 fully saturated rings. The summed E-state index contributed by atoms with van der Waals surface area (Å²) in [6, 6.07) is 5.84. The quantitative estimate of drug-likeness (QED) is 0.0892. The minimum Gasteiger partial charge on any atom is -0.535 e. The summed E-state index contributed by atoms with van der Waals surface area (Å²) >= 11 is 0. The summed E-state index contributed by atoms with van der Waals surface area (Å²) in [5, 5.41) is 36.4. The zero-order valence-corrected chi connectivity index (χ0v) is 35.7. The molecule has 4 aliphatic heterocycles. The summed E-state index contributed by atoms with van der Waals surface area (Å²) in [6.07, 6.45) is 4.09. The molecule has 18 nitrogen and oxygen atoms in total. The standard InChI is InChI=1S/C28H41BN2O7.C13H15BN2O7/c1-16-17(10-11-29-37-22-13-18-12-21(27(18,5)6)28(22,7)38-29)8-9-20(23(16)24(32)36-26(2,3)4)35-19-14-31(15-19)25(33)30-34;17-12(18)10-9(22-8-5-16(6-8)13(19)15-21)2-1-7-3-4-14(20)23-11(7)10/h8-9,18-19,21-22,34H,10-15H2,1-7H3,(H,30,33);1-2,8,20-21H,3-6H2,(H,15,19)(H,17,18)/t18-,21-,22+,28-;/m0./s1. The number of aryl methyl sites for hydroxylation is 2. The number of fused-ring (bicyclic) bond motifs is 1. The van der Waals surface area contributed by atoms with E-state index in [9.17, 15) is 29.3 Å². The number of rotatable bonds is 9. The zero-order chi connectivity index (χ0) is 44.2. The molecular formula is C41H56B2N4O14. The number of benzene rings is 2. The van der Waals surface area contributed by atoms with Crippen LogP contribution in [-0.2, 0) is 26.9 Å². The fourth-order valence-corrected chi connectivity index (χ4v) is 9.60. The van der Waals surface area contributed by atoms with Gasteiger partial charge in [0.2, 0.25) is 0 Å². The van der Waals surface area contributed by atoms with Gasteiger partial charge in [-0.05, 0) is 119 Å². The van der Waals surface area contributed by atoms with Gasteiger partial charge in [0, 0.05) is 0 Å². The summed E-state index contributed by atoms with van der Waals surface area (Å²) in [5.41, 5.74) is 5.35. The third-order valence-corrected chi connectivity index (χ3v) is 13.2. The number of carbonyl (C=O) groups excluding carboxylic acids is 3. The Bertz CT molecular complexity index is 2040. The Labute approximate surface area is 355 Å². The summed E-state index contributed by atoms with van der Waals surface area (Å²) in [7, 11) is -1.30. The maximum atomic E-state index is 13.3. The van der Waals surface area contributed by atoms with E-state index in [0.717, 1.165) is 17.5 Å². The number of hydrogen-bond acceptors (Lipinski definition) is 13. The van der Waals surface area contributed by atoms with E-state index in [0.29, 0.717) is 72.7 Å². The second-order valence-electron chi connectivity index (χ2n) is 18.6. The smallest absolute Gasteiger partial charge is 0.522 e. The van der Waals surface area contributed by atoms with Crippen LogP contribution in [0.5, 0.6) is 17.2 Å². The highest BCUT2D eigenvalue weighted by atomic mass is 16.7. The van der Waals surface area contributed by atoms with E-state index >= 15 is 0 Å². The molecule has 0 radical (unpaired) electrons. The predicted octanol–water partition coefficient (Wildman–Crippen LogP) is 4.34. The second-order valence-corrected chi connectivity index (χ2v) is 18.6. The number of carboxylic acids is 1. The van der Waals surface area contributed by atoms with Crippen molar-refractivity contribution in [3.8, 4) is 17.2 Å². The van der Waals surface area contributed by atoms with Crippen molar-refractivity contribution >= 4 is 38.2 Å². The van der Waals surface area contributed by atoms with Crippen molar-refractivity contribution in [1.29, 1.82) is 0 Å². The largest absolute Gasteiger partial charge is 0.535 e. The molecule has 3 saturated heterocycles. The normalized spacial score (nSPS) is 24.9. The van der Waals surface area contributed by atoms with Crippen LogP contribution < -0.4 is 25.1 Å². The molecule has 2 aromatic rings. The molecule has 4 heterocycles. The van der Waals surface area contributed by atoms with E-state index in [1.807, 2.05) is 39.8 Å². The van der Waals surface area contributed by atoms with Crippen LogP contribution in [0.2, 0.25) is 12.6 Å². The third-order valence-electron chi connectivity index (χ3n) is 13.2. The Kier molecular flexibility index (Phi) is 12.2. The summed E-state index contributed by atoms with van der Waals surface area (Å²) < 4.78 is 35.7. The monoisotopic (exact) mass is 850 g/mol. The van der Waals surface area contributed by atoms with E-state index in [2.05, 4.69) is 20.8 Å². The van der Waals surface area contributed by atoms with Crippen molar-refractivity contribution in [2.24, 2.45) is 17.3 Å². The Hall–Kier alpha value is -4.75. The van der Waals surface area contributed by atoms with E-state index in [-0.39, 0.29) is 61.2 Å².